The first-order chi connectivity index (χ1) is 15.2. The molecule has 0 bridgehead atoms. The van der Waals surface area contributed by atoms with Crippen LogP contribution in [0.1, 0.15) is 21.6 Å². The van der Waals surface area contributed by atoms with Gasteiger partial charge in [0.1, 0.15) is 12.4 Å². The summed E-state index contributed by atoms with van der Waals surface area (Å²) in [6.07, 6.45) is 0.594. The smallest absolute Gasteiger partial charge is 0.168 e. The number of rotatable bonds is 5. The van der Waals surface area contributed by atoms with Crippen LogP contribution in [0, 0.1) is 5.92 Å². The van der Waals surface area contributed by atoms with Crippen molar-refractivity contribution in [3.8, 4) is 5.75 Å². The van der Waals surface area contributed by atoms with E-state index in [1.54, 1.807) is 18.2 Å². The SMILES string of the molecule is O=C1c2cc(OCc3ccc4ccccc4n3)ccc2S(=O)CC1Cc1ccccc1. The van der Waals surface area contributed by atoms with Crippen LogP contribution in [0.5, 0.6) is 5.75 Å². The number of fused-ring (bicyclic) bond motifs is 2. The number of hydrogen-bond acceptors (Lipinski definition) is 4. The highest BCUT2D eigenvalue weighted by atomic mass is 32.2. The molecule has 5 rings (SSSR count). The number of benzene rings is 3. The highest BCUT2D eigenvalue weighted by molar-refractivity contribution is 7.85. The van der Waals surface area contributed by atoms with Gasteiger partial charge < -0.3 is 4.74 Å². The first kappa shape index (κ1) is 19.6. The van der Waals surface area contributed by atoms with Crippen LogP contribution in [0.15, 0.2) is 89.8 Å². The van der Waals surface area contributed by atoms with Gasteiger partial charge in [-0.1, -0.05) is 54.6 Å². The summed E-state index contributed by atoms with van der Waals surface area (Å²) in [6, 6.07) is 27.0. The summed E-state index contributed by atoms with van der Waals surface area (Å²) >= 11 is 0. The van der Waals surface area contributed by atoms with Gasteiger partial charge in [-0.25, -0.2) is 4.98 Å². The summed E-state index contributed by atoms with van der Waals surface area (Å²) in [5.74, 6) is 0.697. The van der Waals surface area contributed by atoms with E-state index in [0.717, 1.165) is 22.2 Å². The van der Waals surface area contributed by atoms with Gasteiger partial charge in [0.05, 0.1) is 22.0 Å². The zero-order valence-corrected chi connectivity index (χ0v) is 17.7. The van der Waals surface area contributed by atoms with Gasteiger partial charge in [0.15, 0.2) is 5.78 Å². The molecule has 0 aliphatic carbocycles. The lowest BCUT2D eigenvalue weighted by molar-refractivity contribution is 0.0924. The number of hydrogen-bond donors (Lipinski definition) is 0. The van der Waals surface area contributed by atoms with E-state index in [-0.39, 0.29) is 11.7 Å². The van der Waals surface area contributed by atoms with Crippen molar-refractivity contribution in [1.29, 1.82) is 0 Å². The number of carbonyl (C=O) groups is 1. The highest BCUT2D eigenvalue weighted by Gasteiger charge is 2.32. The minimum absolute atomic E-state index is 0.0349. The fraction of sp³-hybridized carbons (Fsp3) is 0.154. The third-order valence-corrected chi connectivity index (χ3v) is 7.10. The monoisotopic (exact) mass is 427 g/mol. The number of Topliss-reactive ketones (excluding diaryl/α,β-unsaturated/α-hetero) is 1. The quantitative estimate of drug-likeness (QED) is 0.451. The molecule has 0 saturated carbocycles. The molecule has 1 aliphatic rings. The molecule has 2 atom stereocenters. The highest BCUT2D eigenvalue weighted by Crippen LogP contribution is 2.31. The molecule has 0 N–H and O–H groups in total. The van der Waals surface area contributed by atoms with E-state index in [1.165, 1.54) is 0 Å². The summed E-state index contributed by atoms with van der Waals surface area (Å²) in [7, 11) is -1.19. The topological polar surface area (TPSA) is 56.3 Å². The average Bonchev–Trinajstić information content (AvgIpc) is 2.81. The van der Waals surface area contributed by atoms with Crippen molar-refractivity contribution in [3.63, 3.8) is 0 Å². The number of carbonyl (C=O) groups excluding carboxylic acids is 1. The lowest BCUT2D eigenvalue weighted by Gasteiger charge is -2.23. The largest absolute Gasteiger partial charge is 0.487 e. The molecular weight excluding hydrogens is 406 g/mol. The third-order valence-electron chi connectivity index (χ3n) is 5.55. The lowest BCUT2D eigenvalue weighted by Crippen LogP contribution is -2.30. The van der Waals surface area contributed by atoms with Crippen molar-refractivity contribution in [2.75, 3.05) is 5.75 Å². The van der Waals surface area contributed by atoms with E-state index in [4.69, 9.17) is 4.74 Å². The van der Waals surface area contributed by atoms with Gasteiger partial charge in [0, 0.05) is 27.5 Å². The first-order valence-electron chi connectivity index (χ1n) is 10.3. The standard InChI is InChI=1S/C26H21NO3S/c28-26-20(14-18-6-2-1-3-7-18)17-31(29)25-13-12-22(15-23(25)26)30-16-21-11-10-19-8-4-5-9-24(19)27-21/h1-13,15,20H,14,16-17H2. The summed E-state index contributed by atoms with van der Waals surface area (Å²) in [5, 5.41) is 1.08. The number of ketones is 1. The molecule has 5 heteroatoms. The van der Waals surface area contributed by atoms with E-state index < -0.39 is 10.8 Å². The Balaban J connectivity index is 1.35. The van der Waals surface area contributed by atoms with Crippen LogP contribution >= 0.6 is 0 Å². The van der Waals surface area contributed by atoms with Crippen molar-refractivity contribution in [1.82, 2.24) is 4.98 Å². The van der Waals surface area contributed by atoms with E-state index in [1.807, 2.05) is 66.7 Å². The van der Waals surface area contributed by atoms with Gasteiger partial charge in [-0.05, 0) is 42.3 Å². The maximum Gasteiger partial charge on any atom is 0.168 e. The Bertz CT molecular complexity index is 1290. The second-order valence-electron chi connectivity index (χ2n) is 7.71. The van der Waals surface area contributed by atoms with Gasteiger partial charge in [-0.2, -0.15) is 0 Å². The molecule has 0 saturated heterocycles. The summed E-state index contributed by atoms with van der Waals surface area (Å²) in [5.41, 5.74) is 3.32. The van der Waals surface area contributed by atoms with Gasteiger partial charge >= 0.3 is 0 Å². The van der Waals surface area contributed by atoms with Gasteiger partial charge in [-0.3, -0.25) is 9.00 Å². The Labute approximate surface area is 183 Å². The van der Waals surface area contributed by atoms with Crippen molar-refractivity contribution >= 4 is 27.5 Å². The number of para-hydroxylation sites is 1. The number of aromatic nitrogens is 1. The molecular formula is C26H21NO3S. The zero-order valence-electron chi connectivity index (χ0n) is 16.9. The number of pyridine rings is 1. The van der Waals surface area contributed by atoms with Crippen LogP contribution in [0.4, 0.5) is 0 Å². The van der Waals surface area contributed by atoms with Crippen molar-refractivity contribution < 1.29 is 13.7 Å². The second kappa shape index (κ2) is 8.44. The van der Waals surface area contributed by atoms with Crippen LogP contribution in [0.3, 0.4) is 0 Å². The Morgan fingerprint density at radius 2 is 1.74 bits per heavy atom. The maximum absolute atomic E-state index is 13.1. The molecule has 2 heterocycles. The Kier molecular flexibility index (Phi) is 5.35. The Hall–Kier alpha value is -3.31. The molecule has 1 aliphatic heterocycles. The predicted molar refractivity (Wildman–Crippen MR) is 122 cm³/mol. The molecule has 0 spiro atoms. The van der Waals surface area contributed by atoms with Gasteiger partial charge in [-0.15, -0.1) is 0 Å². The van der Waals surface area contributed by atoms with Crippen LogP contribution in [0.2, 0.25) is 0 Å². The minimum Gasteiger partial charge on any atom is -0.487 e. The molecule has 3 aromatic carbocycles. The predicted octanol–water partition coefficient (Wildman–Crippen LogP) is 4.98. The van der Waals surface area contributed by atoms with E-state index >= 15 is 0 Å². The second-order valence-corrected chi connectivity index (χ2v) is 9.17. The Morgan fingerprint density at radius 3 is 2.61 bits per heavy atom. The van der Waals surface area contributed by atoms with Crippen molar-refractivity contribution in [2.24, 2.45) is 5.92 Å². The van der Waals surface area contributed by atoms with Crippen LogP contribution in [-0.4, -0.2) is 20.7 Å². The van der Waals surface area contributed by atoms with Crippen molar-refractivity contribution in [2.45, 2.75) is 17.9 Å². The molecule has 4 aromatic rings. The average molecular weight is 428 g/mol. The molecule has 0 radical (unpaired) electrons. The van der Waals surface area contributed by atoms with Crippen LogP contribution < -0.4 is 4.74 Å². The fourth-order valence-electron chi connectivity index (χ4n) is 3.95. The summed E-state index contributed by atoms with van der Waals surface area (Å²) in [6.45, 7) is 0.300. The van der Waals surface area contributed by atoms with E-state index in [2.05, 4.69) is 4.98 Å². The van der Waals surface area contributed by atoms with Crippen LogP contribution in [0.25, 0.3) is 10.9 Å². The molecule has 2 unspecified atom stereocenters. The molecule has 0 amide bonds. The lowest BCUT2D eigenvalue weighted by atomic mass is 9.92. The molecule has 4 nitrogen and oxygen atoms in total. The summed E-state index contributed by atoms with van der Waals surface area (Å²) in [4.78, 5) is 18.4. The molecule has 154 valence electrons. The zero-order chi connectivity index (χ0) is 21.2. The van der Waals surface area contributed by atoms with Gasteiger partial charge in [0.2, 0.25) is 0 Å². The van der Waals surface area contributed by atoms with E-state index in [9.17, 15) is 9.00 Å². The maximum atomic E-state index is 13.1. The molecule has 0 fully saturated rings. The third kappa shape index (κ3) is 4.14. The normalized spacial score (nSPS) is 18.0. The Morgan fingerprint density at radius 1 is 0.935 bits per heavy atom. The van der Waals surface area contributed by atoms with Crippen LogP contribution in [-0.2, 0) is 23.8 Å². The van der Waals surface area contributed by atoms with E-state index in [0.29, 0.717) is 35.0 Å². The molecule has 31 heavy (non-hydrogen) atoms. The summed E-state index contributed by atoms with van der Waals surface area (Å²) < 4.78 is 18.7. The number of ether oxygens (including phenoxy) is 1. The number of nitrogens with zero attached hydrogens (tertiary/aromatic N) is 1. The van der Waals surface area contributed by atoms with Gasteiger partial charge in [0.25, 0.3) is 0 Å². The first-order valence-corrected chi connectivity index (χ1v) is 11.6. The molecule has 1 aromatic heterocycles. The minimum atomic E-state index is -1.19. The fourth-order valence-corrected chi connectivity index (χ4v) is 5.39. The van der Waals surface area contributed by atoms with Crippen molar-refractivity contribution in [3.05, 3.63) is 102 Å².